The van der Waals surface area contributed by atoms with E-state index in [-0.39, 0.29) is 36.7 Å². The molecule has 1 atom stereocenters. The van der Waals surface area contributed by atoms with Crippen LogP contribution in [0, 0.1) is 0 Å². The predicted octanol–water partition coefficient (Wildman–Crippen LogP) is 3.23. The Morgan fingerprint density at radius 1 is 1.50 bits per heavy atom. The summed E-state index contributed by atoms with van der Waals surface area (Å²) < 4.78 is 29.9. The van der Waals surface area contributed by atoms with Crippen molar-refractivity contribution in [3.63, 3.8) is 0 Å². The normalized spacial score (nSPS) is 17.2. The molecule has 4 nitrogen and oxygen atoms in total. The summed E-state index contributed by atoms with van der Waals surface area (Å²) in [6.07, 6.45) is 2.47. The Balaban J connectivity index is 0.00000242. The van der Waals surface area contributed by atoms with Gasteiger partial charge in [-0.1, -0.05) is 15.9 Å². The Hall–Kier alpha value is -0.920. The Kier molecular flexibility index (Phi) is 8.06. The van der Waals surface area contributed by atoms with Gasteiger partial charge in [-0.05, 0) is 37.6 Å². The van der Waals surface area contributed by atoms with Crippen LogP contribution in [0.1, 0.15) is 24.8 Å². The number of carbonyl (C=O) groups is 1. The first-order valence-electron chi connectivity index (χ1n) is 6.78. The van der Waals surface area contributed by atoms with E-state index in [1.54, 1.807) is 12.1 Å². The third-order valence-corrected chi connectivity index (χ3v) is 3.80. The van der Waals surface area contributed by atoms with E-state index in [4.69, 9.17) is 0 Å². The van der Waals surface area contributed by atoms with Crippen LogP contribution < -0.4 is 15.4 Å². The van der Waals surface area contributed by atoms with E-state index in [1.807, 2.05) is 0 Å². The molecule has 1 amide bonds. The molecule has 124 valence electrons. The Bertz CT molecular complexity index is 500. The van der Waals surface area contributed by atoms with Crippen LogP contribution in [-0.2, 0) is 11.3 Å². The summed E-state index contributed by atoms with van der Waals surface area (Å²) in [4.78, 5) is 11.8. The minimum atomic E-state index is -2.89. The Morgan fingerprint density at radius 2 is 2.27 bits per heavy atom. The number of hydrogen-bond acceptors (Lipinski definition) is 3. The van der Waals surface area contributed by atoms with Gasteiger partial charge in [-0.2, -0.15) is 8.78 Å². The third-order valence-electron chi connectivity index (χ3n) is 3.31. The summed E-state index contributed by atoms with van der Waals surface area (Å²) in [7, 11) is 0. The lowest BCUT2D eigenvalue weighted by Crippen LogP contribution is -2.31. The molecule has 1 aromatic carbocycles. The van der Waals surface area contributed by atoms with Crippen LogP contribution >= 0.6 is 28.3 Å². The van der Waals surface area contributed by atoms with Gasteiger partial charge in [-0.15, -0.1) is 12.4 Å². The van der Waals surface area contributed by atoms with Crippen molar-refractivity contribution < 1.29 is 18.3 Å². The quantitative estimate of drug-likeness (QED) is 0.772. The largest absolute Gasteiger partial charge is 0.434 e. The highest BCUT2D eigenvalue weighted by Gasteiger charge is 2.18. The highest BCUT2D eigenvalue weighted by molar-refractivity contribution is 9.10. The second-order valence-corrected chi connectivity index (χ2v) is 5.82. The van der Waals surface area contributed by atoms with Crippen LogP contribution in [0.25, 0.3) is 0 Å². The van der Waals surface area contributed by atoms with Crippen LogP contribution in [0.3, 0.4) is 0 Å². The molecule has 0 aliphatic carbocycles. The van der Waals surface area contributed by atoms with Crippen molar-refractivity contribution >= 4 is 34.2 Å². The van der Waals surface area contributed by atoms with Crippen LogP contribution in [0.15, 0.2) is 22.7 Å². The first-order valence-corrected chi connectivity index (χ1v) is 7.57. The Labute approximate surface area is 142 Å². The first-order chi connectivity index (χ1) is 10.0. The molecule has 1 fully saturated rings. The summed E-state index contributed by atoms with van der Waals surface area (Å²) in [5.41, 5.74) is 0.511. The van der Waals surface area contributed by atoms with E-state index < -0.39 is 6.61 Å². The lowest BCUT2D eigenvalue weighted by molar-refractivity contribution is -0.121. The van der Waals surface area contributed by atoms with Gasteiger partial charge < -0.3 is 15.4 Å². The first kappa shape index (κ1) is 19.1. The number of hydrogen-bond donors (Lipinski definition) is 2. The van der Waals surface area contributed by atoms with Gasteiger partial charge in [-0.3, -0.25) is 4.79 Å². The molecule has 1 aliphatic rings. The van der Waals surface area contributed by atoms with Crippen molar-refractivity contribution in [1.82, 2.24) is 10.6 Å². The smallest absolute Gasteiger partial charge is 0.387 e. The topological polar surface area (TPSA) is 50.4 Å². The van der Waals surface area contributed by atoms with Crippen molar-refractivity contribution in [2.45, 2.75) is 38.5 Å². The molecule has 8 heteroatoms. The second-order valence-electron chi connectivity index (χ2n) is 4.90. The van der Waals surface area contributed by atoms with Crippen molar-refractivity contribution in [2.75, 3.05) is 6.54 Å². The maximum absolute atomic E-state index is 12.3. The molecule has 0 spiro atoms. The monoisotopic (exact) mass is 398 g/mol. The zero-order chi connectivity index (χ0) is 15.2. The van der Waals surface area contributed by atoms with Gasteiger partial charge in [0.15, 0.2) is 0 Å². The van der Waals surface area contributed by atoms with E-state index >= 15 is 0 Å². The van der Waals surface area contributed by atoms with Gasteiger partial charge in [0.2, 0.25) is 5.91 Å². The molecule has 0 saturated carbocycles. The Morgan fingerprint density at radius 3 is 2.91 bits per heavy atom. The second kappa shape index (κ2) is 9.27. The molecule has 1 unspecified atom stereocenters. The molecular formula is C14H18BrClF2N2O2. The van der Waals surface area contributed by atoms with Crippen LogP contribution in [0.5, 0.6) is 5.75 Å². The number of rotatable bonds is 6. The molecule has 22 heavy (non-hydrogen) atoms. The molecule has 0 radical (unpaired) electrons. The van der Waals surface area contributed by atoms with Crippen LogP contribution in [-0.4, -0.2) is 25.1 Å². The van der Waals surface area contributed by atoms with Crippen molar-refractivity contribution in [1.29, 1.82) is 0 Å². The SMILES string of the molecule is Cl.O=C(CC1CCCN1)NCc1cc(Br)ccc1OC(F)F. The van der Waals surface area contributed by atoms with Gasteiger partial charge in [-0.25, -0.2) is 0 Å². The highest BCUT2D eigenvalue weighted by atomic mass is 79.9. The molecule has 1 aliphatic heterocycles. The minimum absolute atomic E-state index is 0. The molecule has 0 bridgehead atoms. The molecular weight excluding hydrogens is 382 g/mol. The fourth-order valence-corrected chi connectivity index (χ4v) is 2.73. The van der Waals surface area contributed by atoms with E-state index in [0.29, 0.717) is 12.0 Å². The molecule has 1 heterocycles. The number of benzene rings is 1. The summed E-state index contributed by atoms with van der Waals surface area (Å²) in [5, 5.41) is 5.98. The predicted molar refractivity (Wildman–Crippen MR) is 85.5 cm³/mol. The fraction of sp³-hybridized carbons (Fsp3) is 0.500. The van der Waals surface area contributed by atoms with E-state index in [2.05, 4.69) is 31.3 Å². The molecule has 1 saturated heterocycles. The maximum Gasteiger partial charge on any atom is 0.387 e. The van der Waals surface area contributed by atoms with Crippen LogP contribution in [0.4, 0.5) is 8.78 Å². The number of ether oxygens (including phenoxy) is 1. The molecule has 2 N–H and O–H groups in total. The lowest BCUT2D eigenvalue weighted by Gasteiger charge is -2.13. The highest BCUT2D eigenvalue weighted by Crippen LogP contribution is 2.24. The third kappa shape index (κ3) is 6.06. The molecule has 0 aromatic heterocycles. The van der Waals surface area contributed by atoms with Gasteiger partial charge in [0, 0.05) is 29.0 Å². The van der Waals surface area contributed by atoms with Crippen LogP contribution in [0.2, 0.25) is 0 Å². The van der Waals surface area contributed by atoms with E-state index in [1.165, 1.54) is 6.07 Å². The fourth-order valence-electron chi connectivity index (χ4n) is 2.32. The maximum atomic E-state index is 12.3. The summed E-state index contributed by atoms with van der Waals surface area (Å²) in [6.45, 7) is -1.79. The number of carbonyl (C=O) groups excluding carboxylic acids is 1. The number of nitrogens with one attached hydrogen (secondary N) is 2. The van der Waals surface area contributed by atoms with Crippen molar-refractivity contribution in [3.05, 3.63) is 28.2 Å². The van der Waals surface area contributed by atoms with Crippen molar-refractivity contribution in [2.24, 2.45) is 0 Å². The molecule has 2 rings (SSSR count). The number of amides is 1. The van der Waals surface area contributed by atoms with Crippen molar-refractivity contribution in [3.8, 4) is 5.75 Å². The van der Waals surface area contributed by atoms with Gasteiger partial charge in [0.1, 0.15) is 5.75 Å². The number of halogens is 4. The number of alkyl halides is 2. The summed E-state index contributed by atoms with van der Waals surface area (Å²) in [6, 6.07) is 4.94. The van der Waals surface area contributed by atoms with Gasteiger partial charge >= 0.3 is 6.61 Å². The zero-order valence-electron chi connectivity index (χ0n) is 11.8. The summed E-state index contributed by atoms with van der Waals surface area (Å²) >= 11 is 3.27. The average Bonchev–Trinajstić information content (AvgIpc) is 2.91. The van der Waals surface area contributed by atoms with Gasteiger partial charge in [0.05, 0.1) is 0 Å². The van der Waals surface area contributed by atoms with E-state index in [9.17, 15) is 13.6 Å². The van der Waals surface area contributed by atoms with Gasteiger partial charge in [0.25, 0.3) is 0 Å². The average molecular weight is 400 g/mol. The zero-order valence-corrected chi connectivity index (χ0v) is 14.2. The minimum Gasteiger partial charge on any atom is -0.434 e. The lowest BCUT2D eigenvalue weighted by atomic mass is 10.1. The standard InChI is InChI=1S/C14H17BrF2N2O2.ClH/c15-10-3-4-12(21-14(16)17)9(6-10)8-19-13(20)7-11-2-1-5-18-11;/h3-4,6,11,14,18H,1-2,5,7-8H2,(H,19,20);1H. The van der Waals surface area contributed by atoms with E-state index in [0.717, 1.165) is 23.9 Å². The summed E-state index contributed by atoms with van der Waals surface area (Å²) in [5.74, 6) is -0.0233. The molecule has 1 aromatic rings.